The molecule has 0 spiro atoms. The van der Waals surface area contributed by atoms with Gasteiger partial charge >= 0.3 is 0 Å². The molecule has 1 amide bonds. The molecule has 2 aromatic carbocycles. The van der Waals surface area contributed by atoms with Gasteiger partial charge in [0.15, 0.2) is 0 Å². The summed E-state index contributed by atoms with van der Waals surface area (Å²) in [5.41, 5.74) is 4.26. The minimum atomic E-state index is -0.309. The number of methoxy groups -OCH3 is 2. The van der Waals surface area contributed by atoms with Crippen molar-refractivity contribution in [1.82, 2.24) is 14.8 Å². The molecule has 0 unspecified atom stereocenters. The lowest BCUT2D eigenvalue weighted by Gasteiger charge is -2.11. The van der Waals surface area contributed by atoms with Crippen molar-refractivity contribution in [3.05, 3.63) is 70.7 Å². The molecule has 0 radical (unpaired) electrons. The van der Waals surface area contributed by atoms with Crippen LogP contribution in [0.1, 0.15) is 21.6 Å². The van der Waals surface area contributed by atoms with Crippen molar-refractivity contribution in [3.8, 4) is 27.9 Å². The van der Waals surface area contributed by atoms with Crippen LogP contribution in [0.3, 0.4) is 0 Å². The molecule has 0 aliphatic heterocycles. The lowest BCUT2D eigenvalue weighted by atomic mass is 10.1. The number of hydrogen-bond acceptors (Lipinski definition) is 6. The third-order valence-corrected chi connectivity index (χ3v) is 5.56. The summed E-state index contributed by atoms with van der Waals surface area (Å²) in [5, 5.41) is 10.1. The number of benzene rings is 2. The van der Waals surface area contributed by atoms with Crippen molar-refractivity contribution < 1.29 is 14.3 Å². The molecular weight excluding hydrogens is 412 g/mol. The van der Waals surface area contributed by atoms with Crippen LogP contribution in [0.4, 0.5) is 5.82 Å². The molecule has 158 valence electrons. The number of carbonyl (C=O) groups is 1. The predicted molar refractivity (Wildman–Crippen MR) is 122 cm³/mol. The van der Waals surface area contributed by atoms with Gasteiger partial charge in [-0.1, -0.05) is 29.8 Å². The van der Waals surface area contributed by atoms with E-state index in [1.165, 1.54) is 24.0 Å². The van der Waals surface area contributed by atoms with E-state index in [1.54, 1.807) is 36.1 Å². The Morgan fingerprint density at radius 3 is 2.52 bits per heavy atom. The first kappa shape index (κ1) is 20.6. The highest BCUT2D eigenvalue weighted by atomic mass is 32.1. The van der Waals surface area contributed by atoms with Crippen molar-refractivity contribution >= 4 is 23.1 Å². The molecule has 4 rings (SSSR count). The van der Waals surface area contributed by atoms with Crippen LogP contribution >= 0.6 is 11.3 Å². The van der Waals surface area contributed by atoms with Gasteiger partial charge < -0.3 is 14.8 Å². The Morgan fingerprint density at radius 2 is 1.81 bits per heavy atom. The van der Waals surface area contributed by atoms with Crippen LogP contribution in [0, 0.1) is 13.8 Å². The first-order valence-corrected chi connectivity index (χ1v) is 10.5. The van der Waals surface area contributed by atoms with Crippen LogP contribution in [0.25, 0.3) is 16.4 Å². The first-order valence-electron chi connectivity index (χ1n) is 9.61. The molecule has 0 saturated heterocycles. The highest BCUT2D eigenvalue weighted by Gasteiger charge is 2.18. The maximum Gasteiger partial charge on any atom is 0.260 e. The number of thiazole rings is 1. The number of nitrogens with one attached hydrogen (secondary N) is 1. The number of carbonyl (C=O) groups excluding carboxylic acids is 1. The van der Waals surface area contributed by atoms with Gasteiger partial charge in [-0.25, -0.2) is 4.98 Å². The zero-order valence-corrected chi connectivity index (χ0v) is 18.5. The molecule has 0 saturated carbocycles. The second-order valence-corrected chi connectivity index (χ2v) is 7.82. The highest BCUT2D eigenvalue weighted by Crippen LogP contribution is 2.28. The van der Waals surface area contributed by atoms with Crippen molar-refractivity contribution in [2.24, 2.45) is 0 Å². The van der Waals surface area contributed by atoms with Crippen molar-refractivity contribution in [3.63, 3.8) is 0 Å². The molecule has 8 heteroatoms. The quantitative estimate of drug-likeness (QED) is 0.468. The SMILES string of the molecule is COc1ccc(C(=O)Nc2cc(C)nn2-c2nc(-c3ccc(C)cc3)cs2)c(OC)c1. The Hall–Kier alpha value is -3.65. The van der Waals surface area contributed by atoms with Gasteiger partial charge in [-0.2, -0.15) is 9.78 Å². The van der Waals surface area contributed by atoms with Gasteiger partial charge in [0, 0.05) is 23.1 Å². The maximum atomic E-state index is 13.0. The van der Waals surface area contributed by atoms with E-state index in [4.69, 9.17) is 14.5 Å². The fourth-order valence-electron chi connectivity index (χ4n) is 3.12. The summed E-state index contributed by atoms with van der Waals surface area (Å²) in [6.45, 7) is 3.92. The predicted octanol–water partition coefficient (Wildman–Crippen LogP) is 4.88. The second-order valence-electron chi connectivity index (χ2n) is 6.98. The Kier molecular flexibility index (Phi) is 5.73. The third-order valence-electron chi connectivity index (χ3n) is 4.75. The van der Waals surface area contributed by atoms with E-state index in [9.17, 15) is 4.79 Å². The summed E-state index contributed by atoms with van der Waals surface area (Å²) >= 11 is 1.46. The Bertz CT molecular complexity index is 1230. The molecule has 1 N–H and O–H groups in total. The van der Waals surface area contributed by atoms with Crippen molar-refractivity contribution in [1.29, 1.82) is 0 Å². The Balaban J connectivity index is 1.63. The zero-order valence-electron chi connectivity index (χ0n) is 17.7. The molecule has 0 fully saturated rings. The van der Waals surface area contributed by atoms with E-state index in [0.29, 0.717) is 28.0 Å². The van der Waals surface area contributed by atoms with Gasteiger partial charge in [0.2, 0.25) is 5.13 Å². The van der Waals surface area contributed by atoms with Gasteiger partial charge in [0.25, 0.3) is 5.91 Å². The topological polar surface area (TPSA) is 78.3 Å². The van der Waals surface area contributed by atoms with Gasteiger partial charge in [0.05, 0.1) is 31.2 Å². The highest BCUT2D eigenvalue weighted by molar-refractivity contribution is 7.12. The molecule has 0 bridgehead atoms. The molecule has 2 heterocycles. The lowest BCUT2D eigenvalue weighted by Crippen LogP contribution is -2.16. The average molecular weight is 435 g/mol. The number of ether oxygens (including phenoxy) is 2. The molecule has 7 nitrogen and oxygen atoms in total. The van der Waals surface area contributed by atoms with Crippen LogP contribution in [-0.2, 0) is 0 Å². The summed E-state index contributed by atoms with van der Waals surface area (Å²) in [4.78, 5) is 17.7. The number of aryl methyl sites for hydroxylation is 2. The fourth-order valence-corrected chi connectivity index (χ4v) is 3.92. The Labute approximate surface area is 184 Å². The van der Waals surface area contributed by atoms with Crippen LogP contribution in [0.15, 0.2) is 53.9 Å². The van der Waals surface area contributed by atoms with E-state index < -0.39 is 0 Å². The van der Waals surface area contributed by atoms with Gasteiger partial charge in [-0.15, -0.1) is 11.3 Å². The minimum Gasteiger partial charge on any atom is -0.497 e. The first-order chi connectivity index (χ1) is 15.0. The van der Waals surface area contributed by atoms with Gasteiger partial charge in [-0.05, 0) is 26.0 Å². The lowest BCUT2D eigenvalue weighted by molar-refractivity contribution is 0.102. The molecule has 0 aliphatic rings. The molecular formula is C23H22N4O3S. The summed E-state index contributed by atoms with van der Waals surface area (Å²) in [7, 11) is 3.08. The van der Waals surface area contributed by atoms with E-state index in [2.05, 4.69) is 29.5 Å². The molecule has 0 aliphatic carbocycles. The van der Waals surface area contributed by atoms with E-state index >= 15 is 0 Å². The fraction of sp³-hybridized carbons (Fsp3) is 0.174. The molecule has 4 aromatic rings. The second kappa shape index (κ2) is 8.61. The third kappa shape index (κ3) is 4.29. The monoisotopic (exact) mass is 434 g/mol. The van der Waals surface area contributed by atoms with E-state index in [0.717, 1.165) is 17.0 Å². The number of hydrogen-bond donors (Lipinski definition) is 1. The van der Waals surface area contributed by atoms with Crippen LogP contribution in [0.5, 0.6) is 11.5 Å². The molecule has 31 heavy (non-hydrogen) atoms. The zero-order chi connectivity index (χ0) is 22.0. The number of anilines is 1. The molecule has 2 aromatic heterocycles. The van der Waals surface area contributed by atoms with Crippen LogP contribution in [0.2, 0.25) is 0 Å². The van der Waals surface area contributed by atoms with Gasteiger partial charge in [0.1, 0.15) is 17.3 Å². The number of rotatable bonds is 6. The Morgan fingerprint density at radius 1 is 1.03 bits per heavy atom. The number of amides is 1. The van der Waals surface area contributed by atoms with E-state index in [-0.39, 0.29) is 5.91 Å². The maximum absolute atomic E-state index is 13.0. The summed E-state index contributed by atoms with van der Waals surface area (Å²) in [6, 6.07) is 15.1. The summed E-state index contributed by atoms with van der Waals surface area (Å²) < 4.78 is 12.2. The standard InChI is InChI=1S/C23H22N4O3S/c1-14-5-7-16(8-6-14)19-13-31-23(24-19)27-21(11-15(2)26-27)25-22(28)18-10-9-17(29-3)12-20(18)30-4/h5-13H,1-4H3,(H,25,28). The van der Waals surface area contributed by atoms with Crippen LogP contribution in [-0.4, -0.2) is 34.9 Å². The number of aromatic nitrogens is 3. The summed E-state index contributed by atoms with van der Waals surface area (Å²) in [6.07, 6.45) is 0. The average Bonchev–Trinajstić information content (AvgIpc) is 3.40. The number of nitrogens with zero attached hydrogens (tertiary/aromatic N) is 3. The summed E-state index contributed by atoms with van der Waals surface area (Å²) in [5.74, 6) is 1.26. The van der Waals surface area contributed by atoms with Crippen molar-refractivity contribution in [2.75, 3.05) is 19.5 Å². The minimum absolute atomic E-state index is 0.309. The molecule has 0 atom stereocenters. The smallest absolute Gasteiger partial charge is 0.260 e. The largest absolute Gasteiger partial charge is 0.497 e. The van der Waals surface area contributed by atoms with Gasteiger partial charge in [-0.3, -0.25) is 4.79 Å². The van der Waals surface area contributed by atoms with Crippen LogP contribution < -0.4 is 14.8 Å². The van der Waals surface area contributed by atoms with E-state index in [1.807, 2.05) is 24.4 Å². The normalized spacial score (nSPS) is 10.7. The van der Waals surface area contributed by atoms with Crippen molar-refractivity contribution in [2.45, 2.75) is 13.8 Å².